The van der Waals surface area contributed by atoms with Crippen LogP contribution in [0.2, 0.25) is 0 Å². The lowest BCUT2D eigenvalue weighted by Crippen LogP contribution is -2.27. The average Bonchev–Trinajstić information content (AvgIpc) is 3.38. The third-order valence-electron chi connectivity index (χ3n) is 5.53. The Morgan fingerprint density at radius 1 is 1.10 bits per heavy atom. The molecular formula is C23H27N7O. The standard InChI is InChI=1S/C23H27N7O/c1-5-8-21-16(4)30(15(2)3)23(31)29(21)14-18-12-11-17(13-24-18)19-9-6-7-10-20(19)22-25-27-28-26-22/h6-7,9-13,15H,5,8,14H2,1-4H3,(H,25,26,27,28). The van der Waals surface area contributed by atoms with Crippen LogP contribution in [0.25, 0.3) is 22.5 Å². The monoisotopic (exact) mass is 417 g/mol. The van der Waals surface area contributed by atoms with Gasteiger partial charge in [-0.3, -0.25) is 14.1 Å². The van der Waals surface area contributed by atoms with Crippen LogP contribution in [0.3, 0.4) is 0 Å². The lowest BCUT2D eigenvalue weighted by Gasteiger charge is -2.09. The lowest BCUT2D eigenvalue weighted by atomic mass is 10.0. The topological polar surface area (TPSA) is 94.3 Å². The highest BCUT2D eigenvalue weighted by Gasteiger charge is 2.18. The van der Waals surface area contributed by atoms with Crippen LogP contribution in [0.5, 0.6) is 0 Å². The fourth-order valence-electron chi connectivity index (χ4n) is 4.10. The van der Waals surface area contributed by atoms with Crippen LogP contribution in [-0.4, -0.2) is 34.7 Å². The van der Waals surface area contributed by atoms with Crippen molar-refractivity contribution < 1.29 is 0 Å². The molecule has 8 nitrogen and oxygen atoms in total. The highest BCUT2D eigenvalue weighted by Crippen LogP contribution is 2.29. The SMILES string of the molecule is CCCc1c(C)n(C(C)C)c(=O)n1Cc1ccc(-c2ccccc2-c2nnn[nH]2)cn1. The second kappa shape index (κ2) is 8.67. The number of benzene rings is 1. The maximum Gasteiger partial charge on any atom is 0.329 e. The van der Waals surface area contributed by atoms with E-state index in [4.69, 9.17) is 0 Å². The van der Waals surface area contributed by atoms with Crippen LogP contribution >= 0.6 is 0 Å². The van der Waals surface area contributed by atoms with Crippen LogP contribution in [0.1, 0.15) is 50.3 Å². The molecule has 4 aromatic rings. The quantitative estimate of drug-likeness (QED) is 0.494. The summed E-state index contributed by atoms with van der Waals surface area (Å²) in [7, 11) is 0. The molecule has 0 aliphatic rings. The van der Waals surface area contributed by atoms with Gasteiger partial charge >= 0.3 is 5.69 Å². The highest BCUT2D eigenvalue weighted by atomic mass is 16.1. The molecule has 0 aliphatic carbocycles. The molecule has 3 heterocycles. The van der Waals surface area contributed by atoms with Crippen LogP contribution in [0.4, 0.5) is 0 Å². The third-order valence-corrected chi connectivity index (χ3v) is 5.53. The van der Waals surface area contributed by atoms with Gasteiger partial charge in [0.1, 0.15) is 0 Å². The van der Waals surface area contributed by atoms with Gasteiger partial charge in [-0.1, -0.05) is 43.7 Å². The van der Waals surface area contributed by atoms with Gasteiger partial charge in [0, 0.05) is 34.8 Å². The molecule has 0 saturated carbocycles. The summed E-state index contributed by atoms with van der Waals surface area (Å²) in [5.74, 6) is 0.612. The highest BCUT2D eigenvalue weighted by molar-refractivity contribution is 5.79. The van der Waals surface area contributed by atoms with E-state index in [1.54, 1.807) is 0 Å². The van der Waals surface area contributed by atoms with Gasteiger partial charge in [0.25, 0.3) is 0 Å². The molecule has 0 amide bonds. The van der Waals surface area contributed by atoms with Crippen molar-refractivity contribution in [3.05, 3.63) is 70.2 Å². The fraction of sp³-hybridized carbons (Fsp3) is 0.348. The molecule has 0 aliphatic heterocycles. The Balaban J connectivity index is 1.67. The largest absolute Gasteiger partial charge is 0.329 e. The Kier molecular flexibility index (Phi) is 5.79. The number of nitrogens with one attached hydrogen (secondary N) is 1. The van der Waals surface area contributed by atoms with Gasteiger partial charge in [-0.15, -0.1) is 5.10 Å². The Morgan fingerprint density at radius 2 is 1.87 bits per heavy atom. The Labute approximate surface area is 181 Å². The van der Waals surface area contributed by atoms with Crippen LogP contribution < -0.4 is 5.69 Å². The van der Waals surface area contributed by atoms with Crippen molar-refractivity contribution >= 4 is 0 Å². The predicted octanol–water partition coefficient (Wildman–Crippen LogP) is 3.78. The zero-order valence-corrected chi connectivity index (χ0v) is 18.3. The van der Waals surface area contributed by atoms with Crippen molar-refractivity contribution in [3.8, 4) is 22.5 Å². The van der Waals surface area contributed by atoms with E-state index in [-0.39, 0.29) is 11.7 Å². The molecule has 0 atom stereocenters. The summed E-state index contributed by atoms with van der Waals surface area (Å²) in [5.41, 5.74) is 5.89. The van der Waals surface area contributed by atoms with Crippen LogP contribution in [-0.2, 0) is 13.0 Å². The number of H-pyrrole nitrogens is 1. The number of aromatic amines is 1. The first-order valence-corrected chi connectivity index (χ1v) is 10.6. The van der Waals surface area contributed by atoms with Crippen molar-refractivity contribution in [2.75, 3.05) is 0 Å². The minimum absolute atomic E-state index is 0.0324. The molecule has 0 fully saturated rings. The van der Waals surface area contributed by atoms with Crippen molar-refractivity contribution in [2.24, 2.45) is 0 Å². The zero-order valence-electron chi connectivity index (χ0n) is 18.3. The van der Waals surface area contributed by atoms with Gasteiger partial charge in [-0.25, -0.2) is 9.89 Å². The van der Waals surface area contributed by atoms with E-state index in [0.29, 0.717) is 12.4 Å². The summed E-state index contributed by atoms with van der Waals surface area (Å²) in [5, 5.41) is 14.2. The molecule has 0 saturated heterocycles. The maximum atomic E-state index is 13.1. The number of rotatable bonds is 7. The van der Waals surface area contributed by atoms with Gasteiger partial charge in [-0.05, 0) is 49.2 Å². The Bertz CT molecular complexity index is 1220. The smallest absolute Gasteiger partial charge is 0.294 e. The first-order valence-electron chi connectivity index (χ1n) is 10.6. The average molecular weight is 418 g/mol. The number of hydrogen-bond acceptors (Lipinski definition) is 5. The molecule has 0 spiro atoms. The molecule has 160 valence electrons. The van der Waals surface area contributed by atoms with E-state index in [2.05, 4.69) is 32.5 Å². The minimum atomic E-state index is 0.0324. The molecule has 3 aromatic heterocycles. The first kappa shape index (κ1) is 20.7. The van der Waals surface area contributed by atoms with E-state index in [0.717, 1.165) is 46.6 Å². The number of imidazole rings is 1. The minimum Gasteiger partial charge on any atom is -0.294 e. The van der Waals surface area contributed by atoms with E-state index in [1.807, 2.05) is 72.5 Å². The third kappa shape index (κ3) is 3.93. The summed E-state index contributed by atoms with van der Waals surface area (Å²) >= 11 is 0. The Morgan fingerprint density at radius 3 is 2.48 bits per heavy atom. The Hall–Kier alpha value is -3.55. The number of nitrogens with zero attached hydrogens (tertiary/aromatic N) is 6. The van der Waals surface area contributed by atoms with Gasteiger partial charge in [0.2, 0.25) is 0 Å². The lowest BCUT2D eigenvalue weighted by molar-refractivity contribution is 0.549. The van der Waals surface area contributed by atoms with Crippen molar-refractivity contribution in [1.29, 1.82) is 0 Å². The predicted molar refractivity (Wildman–Crippen MR) is 120 cm³/mol. The van der Waals surface area contributed by atoms with E-state index < -0.39 is 0 Å². The zero-order chi connectivity index (χ0) is 22.0. The first-order chi connectivity index (χ1) is 15.0. The molecule has 31 heavy (non-hydrogen) atoms. The maximum absolute atomic E-state index is 13.1. The molecule has 0 unspecified atom stereocenters. The van der Waals surface area contributed by atoms with Crippen molar-refractivity contribution in [2.45, 2.75) is 53.1 Å². The van der Waals surface area contributed by atoms with Crippen LogP contribution in [0.15, 0.2) is 47.4 Å². The number of hydrogen-bond donors (Lipinski definition) is 1. The summed E-state index contributed by atoms with van der Waals surface area (Å²) in [4.78, 5) is 17.7. The summed E-state index contributed by atoms with van der Waals surface area (Å²) in [6.45, 7) is 8.72. The van der Waals surface area contributed by atoms with Gasteiger partial charge in [-0.2, -0.15) is 0 Å². The molecular weight excluding hydrogens is 390 g/mol. The summed E-state index contributed by atoms with van der Waals surface area (Å²) in [6.07, 6.45) is 3.70. The second-order valence-corrected chi connectivity index (χ2v) is 7.95. The molecule has 1 aromatic carbocycles. The molecule has 0 radical (unpaired) electrons. The number of pyridine rings is 1. The van der Waals surface area contributed by atoms with Crippen LogP contribution in [0, 0.1) is 6.92 Å². The van der Waals surface area contributed by atoms with Crippen molar-refractivity contribution in [1.82, 2.24) is 34.7 Å². The van der Waals surface area contributed by atoms with E-state index in [9.17, 15) is 4.79 Å². The summed E-state index contributed by atoms with van der Waals surface area (Å²) in [6, 6.07) is 12.1. The van der Waals surface area contributed by atoms with E-state index in [1.165, 1.54) is 0 Å². The molecule has 1 N–H and O–H groups in total. The van der Waals surface area contributed by atoms with Crippen molar-refractivity contribution in [3.63, 3.8) is 0 Å². The number of tetrazole rings is 1. The van der Waals surface area contributed by atoms with Gasteiger partial charge in [0.05, 0.1) is 12.2 Å². The molecule has 0 bridgehead atoms. The van der Waals surface area contributed by atoms with Gasteiger partial charge in [0.15, 0.2) is 5.82 Å². The molecule has 8 heteroatoms. The normalized spacial score (nSPS) is 11.4. The molecule has 4 rings (SSSR count). The van der Waals surface area contributed by atoms with E-state index >= 15 is 0 Å². The second-order valence-electron chi connectivity index (χ2n) is 7.95. The number of aromatic nitrogens is 7. The fourth-order valence-corrected chi connectivity index (χ4v) is 4.10. The van der Waals surface area contributed by atoms with Gasteiger partial charge < -0.3 is 0 Å². The summed E-state index contributed by atoms with van der Waals surface area (Å²) < 4.78 is 3.75.